The highest BCUT2D eigenvalue weighted by molar-refractivity contribution is 7.90. The van der Waals surface area contributed by atoms with E-state index in [0.717, 1.165) is 10.4 Å². The first-order chi connectivity index (χ1) is 11.9. The van der Waals surface area contributed by atoms with Crippen LogP contribution in [0.15, 0.2) is 59.6 Å². The second-order valence-corrected chi connectivity index (χ2v) is 7.77. The van der Waals surface area contributed by atoms with Crippen LogP contribution in [0.1, 0.15) is 25.3 Å². The molecule has 3 rings (SSSR count). The third-order valence-electron chi connectivity index (χ3n) is 4.08. The van der Waals surface area contributed by atoms with Crippen molar-refractivity contribution in [2.45, 2.75) is 31.1 Å². The van der Waals surface area contributed by atoms with E-state index < -0.39 is 15.8 Å². The first kappa shape index (κ1) is 17.4. The third kappa shape index (κ3) is 3.35. The number of fused-ring (bicyclic) bond motifs is 1. The minimum atomic E-state index is -3.80. The van der Waals surface area contributed by atoms with Crippen molar-refractivity contribution in [3.05, 3.63) is 66.1 Å². The topological polar surface area (TPSA) is 62.9 Å². The minimum Gasteiger partial charge on any atom is -0.309 e. The van der Waals surface area contributed by atoms with Crippen LogP contribution in [0.5, 0.6) is 0 Å². The van der Waals surface area contributed by atoms with Crippen molar-refractivity contribution < 1.29 is 12.8 Å². The second kappa shape index (κ2) is 6.80. The molecule has 1 aromatic heterocycles. The van der Waals surface area contributed by atoms with Gasteiger partial charge in [-0.3, -0.25) is 0 Å². The van der Waals surface area contributed by atoms with Crippen LogP contribution in [0.3, 0.4) is 0 Å². The summed E-state index contributed by atoms with van der Waals surface area (Å²) in [6.07, 6.45) is 3.25. The molecule has 0 fully saturated rings. The number of hydrogen-bond donors (Lipinski definition) is 1. The SMILES string of the molecule is CCCC(=N)Cc1cc(F)cc2c1ccn2S(=O)(=O)c1ccccc1. The average Bonchev–Trinajstić information content (AvgIpc) is 3.00. The van der Waals surface area contributed by atoms with E-state index in [-0.39, 0.29) is 4.90 Å². The van der Waals surface area contributed by atoms with Crippen molar-refractivity contribution in [2.75, 3.05) is 0 Å². The number of benzene rings is 2. The summed E-state index contributed by atoms with van der Waals surface area (Å²) < 4.78 is 40.9. The largest absolute Gasteiger partial charge is 0.309 e. The van der Waals surface area contributed by atoms with Gasteiger partial charge in [-0.1, -0.05) is 31.5 Å². The molecule has 0 aliphatic carbocycles. The summed E-state index contributed by atoms with van der Waals surface area (Å²) in [6, 6.07) is 12.3. The first-order valence-electron chi connectivity index (χ1n) is 8.10. The summed E-state index contributed by atoms with van der Waals surface area (Å²) >= 11 is 0. The quantitative estimate of drug-likeness (QED) is 0.665. The smallest absolute Gasteiger partial charge is 0.268 e. The Kier molecular flexibility index (Phi) is 4.72. The van der Waals surface area contributed by atoms with Crippen molar-refractivity contribution >= 4 is 26.6 Å². The fourth-order valence-electron chi connectivity index (χ4n) is 2.94. The molecule has 4 nitrogen and oxygen atoms in total. The summed E-state index contributed by atoms with van der Waals surface area (Å²) in [5.74, 6) is -0.505. The molecule has 0 spiro atoms. The molecule has 0 saturated heterocycles. The van der Waals surface area contributed by atoms with Crippen molar-refractivity contribution in [2.24, 2.45) is 0 Å². The van der Waals surface area contributed by atoms with Gasteiger partial charge >= 0.3 is 0 Å². The summed E-state index contributed by atoms with van der Waals surface area (Å²) in [6.45, 7) is 1.98. The highest BCUT2D eigenvalue weighted by Gasteiger charge is 2.20. The molecule has 25 heavy (non-hydrogen) atoms. The van der Waals surface area contributed by atoms with Gasteiger partial charge in [-0.05, 0) is 42.3 Å². The first-order valence-corrected chi connectivity index (χ1v) is 9.54. The van der Waals surface area contributed by atoms with Crippen LogP contribution in [0.25, 0.3) is 10.9 Å². The summed E-state index contributed by atoms with van der Waals surface area (Å²) in [4.78, 5) is 0.150. The molecule has 0 aliphatic rings. The number of halogens is 1. The van der Waals surface area contributed by atoms with Gasteiger partial charge in [0.2, 0.25) is 0 Å². The van der Waals surface area contributed by atoms with Crippen molar-refractivity contribution in [3.8, 4) is 0 Å². The summed E-state index contributed by atoms with van der Waals surface area (Å²) in [5.41, 5.74) is 1.44. The van der Waals surface area contributed by atoms with E-state index in [4.69, 9.17) is 5.41 Å². The Labute approximate surface area is 146 Å². The van der Waals surface area contributed by atoms with Gasteiger partial charge in [0.1, 0.15) is 5.82 Å². The molecule has 0 bridgehead atoms. The minimum absolute atomic E-state index is 0.150. The number of nitrogens with one attached hydrogen (secondary N) is 1. The maximum atomic E-state index is 14.1. The van der Waals surface area contributed by atoms with Crippen molar-refractivity contribution in [1.29, 1.82) is 5.41 Å². The van der Waals surface area contributed by atoms with E-state index in [9.17, 15) is 12.8 Å². The van der Waals surface area contributed by atoms with Gasteiger partial charge in [-0.25, -0.2) is 16.8 Å². The standard InChI is InChI=1S/C19H19FN2O2S/c1-2-6-16(21)12-14-11-15(20)13-19-18(14)9-10-22(19)25(23,24)17-7-4-3-5-8-17/h3-5,7-11,13,21H,2,6,12H2,1H3. The summed E-state index contributed by atoms with van der Waals surface area (Å²) in [5, 5.41) is 8.64. The number of aromatic nitrogens is 1. The second-order valence-electron chi connectivity index (χ2n) is 5.96. The average molecular weight is 358 g/mol. The molecule has 6 heteroatoms. The van der Waals surface area contributed by atoms with Crippen molar-refractivity contribution in [1.82, 2.24) is 3.97 Å². The molecule has 130 valence electrons. The Morgan fingerprint density at radius 3 is 2.56 bits per heavy atom. The molecular weight excluding hydrogens is 339 g/mol. The lowest BCUT2D eigenvalue weighted by molar-refractivity contribution is 0.589. The molecule has 0 saturated carbocycles. The molecule has 1 N–H and O–H groups in total. The normalized spacial score (nSPS) is 11.8. The Hall–Kier alpha value is -2.47. The zero-order chi connectivity index (χ0) is 18.0. The molecular formula is C19H19FN2O2S. The number of rotatable bonds is 6. The molecule has 0 amide bonds. The lowest BCUT2D eigenvalue weighted by atomic mass is 10.0. The summed E-state index contributed by atoms with van der Waals surface area (Å²) in [7, 11) is -3.80. The predicted octanol–water partition coefficient (Wildman–Crippen LogP) is 4.38. The van der Waals surface area contributed by atoms with Crippen LogP contribution >= 0.6 is 0 Å². The van der Waals surface area contributed by atoms with Crippen LogP contribution in [0.4, 0.5) is 4.39 Å². The van der Waals surface area contributed by atoms with Gasteiger partial charge in [0.05, 0.1) is 10.4 Å². The Morgan fingerprint density at radius 2 is 1.88 bits per heavy atom. The maximum Gasteiger partial charge on any atom is 0.268 e. The highest BCUT2D eigenvalue weighted by Crippen LogP contribution is 2.26. The molecule has 0 atom stereocenters. The van der Waals surface area contributed by atoms with E-state index in [0.29, 0.717) is 35.0 Å². The lowest BCUT2D eigenvalue weighted by Crippen LogP contribution is -2.12. The van der Waals surface area contributed by atoms with Crippen LogP contribution in [0, 0.1) is 11.2 Å². The zero-order valence-corrected chi connectivity index (χ0v) is 14.7. The van der Waals surface area contributed by atoms with Gasteiger partial charge in [0, 0.05) is 23.7 Å². The Balaban J connectivity index is 2.14. The van der Waals surface area contributed by atoms with Crippen LogP contribution < -0.4 is 0 Å². The Morgan fingerprint density at radius 1 is 1.16 bits per heavy atom. The fourth-order valence-corrected chi connectivity index (χ4v) is 4.30. The van der Waals surface area contributed by atoms with Gasteiger partial charge in [-0.2, -0.15) is 0 Å². The van der Waals surface area contributed by atoms with Crippen LogP contribution in [-0.2, 0) is 16.4 Å². The molecule has 0 radical (unpaired) electrons. The van der Waals surface area contributed by atoms with Crippen LogP contribution in [-0.4, -0.2) is 18.1 Å². The van der Waals surface area contributed by atoms with Gasteiger partial charge < -0.3 is 5.41 Å². The van der Waals surface area contributed by atoms with Crippen LogP contribution in [0.2, 0.25) is 0 Å². The molecule has 2 aromatic carbocycles. The molecule has 1 heterocycles. The zero-order valence-electron chi connectivity index (χ0n) is 13.9. The fraction of sp³-hybridized carbons (Fsp3) is 0.211. The number of hydrogen-bond acceptors (Lipinski definition) is 3. The van der Waals surface area contributed by atoms with E-state index >= 15 is 0 Å². The number of nitrogens with zero attached hydrogens (tertiary/aromatic N) is 1. The van der Waals surface area contributed by atoms with Crippen molar-refractivity contribution in [3.63, 3.8) is 0 Å². The Bertz CT molecular complexity index is 1020. The van der Waals surface area contributed by atoms with Gasteiger partial charge in [0.25, 0.3) is 10.0 Å². The van der Waals surface area contributed by atoms with Gasteiger partial charge in [0.15, 0.2) is 0 Å². The third-order valence-corrected chi connectivity index (χ3v) is 5.78. The monoisotopic (exact) mass is 358 g/mol. The highest BCUT2D eigenvalue weighted by atomic mass is 32.2. The maximum absolute atomic E-state index is 14.1. The van der Waals surface area contributed by atoms with E-state index in [1.54, 1.807) is 24.3 Å². The van der Waals surface area contributed by atoms with E-state index in [1.165, 1.54) is 30.5 Å². The molecule has 0 aliphatic heterocycles. The van der Waals surface area contributed by atoms with E-state index in [1.807, 2.05) is 6.92 Å². The van der Waals surface area contributed by atoms with E-state index in [2.05, 4.69) is 0 Å². The predicted molar refractivity (Wildman–Crippen MR) is 97.3 cm³/mol. The lowest BCUT2D eigenvalue weighted by Gasteiger charge is -2.09. The molecule has 3 aromatic rings. The van der Waals surface area contributed by atoms with Gasteiger partial charge in [-0.15, -0.1) is 0 Å². The molecule has 0 unspecified atom stereocenters.